The van der Waals surface area contributed by atoms with Crippen molar-refractivity contribution in [2.45, 2.75) is 368 Å². The highest BCUT2D eigenvalue weighted by molar-refractivity contribution is 5.71. The third kappa shape index (κ3) is 57.3. The van der Waals surface area contributed by atoms with Crippen LogP contribution in [0.5, 0.6) is 0 Å². The Morgan fingerprint density at radius 2 is 0.471 bits per heavy atom. The van der Waals surface area contributed by atoms with Gasteiger partial charge in [0, 0.05) is 19.3 Å². The Kier molecular flexibility index (Phi) is 55.4. The van der Waals surface area contributed by atoms with Gasteiger partial charge in [-0.2, -0.15) is 0 Å². The summed E-state index contributed by atoms with van der Waals surface area (Å²) in [4.78, 5) is 38.2. The zero-order chi connectivity index (χ0) is 51.1. The number of hydrogen-bond donors (Lipinski definition) is 0. The van der Waals surface area contributed by atoms with Gasteiger partial charge in [-0.05, 0) is 31.1 Å². The molecule has 0 bridgehead atoms. The molecule has 0 unspecified atom stereocenters. The summed E-state index contributed by atoms with van der Waals surface area (Å²) < 4.78 is 16.9. The predicted molar refractivity (Wildman–Crippen MR) is 303 cm³/mol. The van der Waals surface area contributed by atoms with E-state index in [9.17, 15) is 14.4 Å². The van der Waals surface area contributed by atoms with Crippen LogP contribution in [0.4, 0.5) is 0 Å². The molecule has 0 rings (SSSR count). The van der Waals surface area contributed by atoms with Crippen molar-refractivity contribution in [3.8, 4) is 0 Å². The molecule has 416 valence electrons. The largest absolute Gasteiger partial charge is 0.462 e. The number of ether oxygens (including phenoxy) is 3. The van der Waals surface area contributed by atoms with Gasteiger partial charge in [0.2, 0.25) is 0 Å². The first-order valence-corrected chi connectivity index (χ1v) is 31.7. The van der Waals surface area contributed by atoms with Gasteiger partial charge in [-0.25, -0.2) is 0 Å². The Labute approximate surface area is 438 Å². The monoisotopic (exact) mass is 989 g/mol. The van der Waals surface area contributed by atoms with E-state index in [1.54, 1.807) is 0 Å². The fraction of sp³-hybridized carbons (Fsp3) is 0.953. The summed E-state index contributed by atoms with van der Waals surface area (Å²) in [6, 6.07) is 0. The van der Waals surface area contributed by atoms with Crippen LogP contribution in [0, 0.1) is 11.8 Å². The van der Waals surface area contributed by atoms with Crippen molar-refractivity contribution in [1.82, 2.24) is 0 Å². The van der Waals surface area contributed by atoms with Crippen molar-refractivity contribution in [1.29, 1.82) is 0 Å². The summed E-state index contributed by atoms with van der Waals surface area (Å²) in [5.41, 5.74) is 0. The molecular formula is C64H124O6. The first kappa shape index (κ1) is 68.4. The molecule has 6 nitrogen and oxygen atoms in total. The van der Waals surface area contributed by atoms with Gasteiger partial charge in [-0.3, -0.25) is 14.4 Å². The van der Waals surface area contributed by atoms with Gasteiger partial charge in [0.25, 0.3) is 0 Å². The molecule has 0 spiro atoms. The average Bonchev–Trinajstić information content (AvgIpc) is 3.33. The maximum atomic E-state index is 12.9. The number of esters is 3. The molecule has 0 aliphatic carbocycles. The van der Waals surface area contributed by atoms with Gasteiger partial charge in [0.1, 0.15) is 13.2 Å². The highest BCUT2D eigenvalue weighted by Crippen LogP contribution is 2.19. The quantitative estimate of drug-likeness (QED) is 0.0343. The number of unbranched alkanes of at least 4 members (excludes halogenated alkanes) is 43. The molecule has 0 amide bonds. The Balaban J connectivity index is 4.23. The van der Waals surface area contributed by atoms with Crippen LogP contribution in [0.15, 0.2) is 0 Å². The molecule has 0 aromatic carbocycles. The predicted octanol–water partition coefficient (Wildman–Crippen LogP) is 21.2. The molecule has 0 saturated carbocycles. The smallest absolute Gasteiger partial charge is 0.306 e. The lowest BCUT2D eigenvalue weighted by molar-refractivity contribution is -0.167. The molecule has 6 heteroatoms. The summed E-state index contributed by atoms with van der Waals surface area (Å²) in [5, 5.41) is 0. The highest BCUT2D eigenvalue weighted by atomic mass is 16.6. The van der Waals surface area contributed by atoms with Crippen LogP contribution >= 0.6 is 0 Å². The highest BCUT2D eigenvalue weighted by Gasteiger charge is 2.19. The molecule has 0 fully saturated rings. The molecular weight excluding hydrogens is 865 g/mol. The van der Waals surface area contributed by atoms with Crippen molar-refractivity contribution in [3.05, 3.63) is 0 Å². The van der Waals surface area contributed by atoms with Gasteiger partial charge in [0.15, 0.2) is 6.10 Å². The Morgan fingerprint density at radius 1 is 0.271 bits per heavy atom. The minimum atomic E-state index is -0.764. The Bertz CT molecular complexity index is 1070. The van der Waals surface area contributed by atoms with E-state index in [2.05, 4.69) is 34.6 Å². The first-order chi connectivity index (χ1) is 34.2. The summed E-state index contributed by atoms with van der Waals surface area (Å²) in [6.07, 6.45) is 62.6. The van der Waals surface area contributed by atoms with Gasteiger partial charge in [-0.15, -0.1) is 0 Å². The number of rotatable bonds is 58. The Morgan fingerprint density at radius 3 is 0.700 bits per heavy atom. The number of hydrogen-bond acceptors (Lipinski definition) is 6. The van der Waals surface area contributed by atoms with Gasteiger partial charge in [-0.1, -0.05) is 324 Å². The number of carbonyl (C=O) groups excluding carboxylic acids is 3. The Hall–Kier alpha value is -1.59. The molecule has 0 saturated heterocycles. The van der Waals surface area contributed by atoms with E-state index in [4.69, 9.17) is 14.2 Å². The molecule has 0 aromatic heterocycles. The molecule has 0 aliphatic heterocycles. The van der Waals surface area contributed by atoms with E-state index in [1.165, 1.54) is 250 Å². The summed E-state index contributed by atoms with van der Waals surface area (Å²) in [7, 11) is 0. The molecule has 0 radical (unpaired) electrons. The van der Waals surface area contributed by atoms with Crippen LogP contribution in [0.25, 0.3) is 0 Å². The summed E-state index contributed by atoms with van der Waals surface area (Å²) >= 11 is 0. The lowest BCUT2D eigenvalue weighted by Gasteiger charge is -2.18. The summed E-state index contributed by atoms with van der Waals surface area (Å²) in [5.74, 6) is 0.833. The van der Waals surface area contributed by atoms with Gasteiger partial charge in [0.05, 0.1) is 0 Å². The van der Waals surface area contributed by atoms with Gasteiger partial charge >= 0.3 is 17.9 Å². The van der Waals surface area contributed by atoms with Crippen LogP contribution in [0.1, 0.15) is 362 Å². The van der Waals surface area contributed by atoms with Crippen molar-refractivity contribution in [3.63, 3.8) is 0 Å². The second-order valence-corrected chi connectivity index (χ2v) is 23.0. The van der Waals surface area contributed by atoms with Crippen LogP contribution in [0.3, 0.4) is 0 Å². The second kappa shape index (κ2) is 56.7. The molecule has 0 N–H and O–H groups in total. The van der Waals surface area contributed by atoms with Crippen LogP contribution in [-0.4, -0.2) is 37.2 Å². The summed E-state index contributed by atoms with van der Waals surface area (Å²) in [6.45, 7) is 11.4. The third-order valence-electron chi connectivity index (χ3n) is 14.7. The second-order valence-electron chi connectivity index (χ2n) is 23.0. The van der Waals surface area contributed by atoms with E-state index in [-0.39, 0.29) is 31.1 Å². The molecule has 0 heterocycles. The molecule has 0 aromatic rings. The van der Waals surface area contributed by atoms with Crippen LogP contribution in [-0.2, 0) is 28.6 Å². The van der Waals surface area contributed by atoms with E-state index in [0.29, 0.717) is 19.3 Å². The first-order valence-electron chi connectivity index (χ1n) is 31.7. The van der Waals surface area contributed by atoms with E-state index >= 15 is 0 Å². The minimum Gasteiger partial charge on any atom is -0.462 e. The van der Waals surface area contributed by atoms with Crippen molar-refractivity contribution < 1.29 is 28.6 Å². The fourth-order valence-corrected chi connectivity index (χ4v) is 9.93. The van der Waals surface area contributed by atoms with E-state index < -0.39 is 6.10 Å². The third-order valence-corrected chi connectivity index (χ3v) is 14.7. The van der Waals surface area contributed by atoms with Crippen molar-refractivity contribution in [2.24, 2.45) is 11.8 Å². The number of carbonyl (C=O) groups is 3. The van der Waals surface area contributed by atoms with E-state index in [0.717, 1.165) is 69.6 Å². The lowest BCUT2D eigenvalue weighted by atomic mass is 10.0. The van der Waals surface area contributed by atoms with Crippen molar-refractivity contribution in [2.75, 3.05) is 13.2 Å². The molecule has 70 heavy (non-hydrogen) atoms. The maximum Gasteiger partial charge on any atom is 0.306 e. The van der Waals surface area contributed by atoms with Crippen molar-refractivity contribution >= 4 is 17.9 Å². The zero-order valence-electron chi connectivity index (χ0n) is 48.2. The average molecular weight is 990 g/mol. The van der Waals surface area contributed by atoms with Gasteiger partial charge < -0.3 is 14.2 Å². The molecule has 0 aliphatic rings. The minimum absolute atomic E-state index is 0.0623. The molecule has 1 atom stereocenters. The van der Waals surface area contributed by atoms with Crippen LogP contribution in [0.2, 0.25) is 0 Å². The standard InChI is InChI=1S/C64H124O6/c1-6-7-8-9-10-11-12-13-14-15-16-21-24-27-30-35-41-46-51-56-64(67)70-61(58-69-63(66)55-50-45-40-36-31-33-38-43-48-53-60(4)5)57-68-62(65)54-49-44-39-34-29-26-23-20-18-17-19-22-25-28-32-37-42-47-52-59(2)3/h59-61H,6-58H2,1-5H3/t61-/m1/s1. The normalized spacial score (nSPS) is 12.0. The maximum absolute atomic E-state index is 12.9. The zero-order valence-corrected chi connectivity index (χ0v) is 48.2. The SMILES string of the molecule is CCCCCCCCCCCCCCCCCCCCCC(=O)O[C@H](COC(=O)CCCCCCCCCCCCCCCCCCCCC(C)C)COC(=O)CCCCCCCCCCCC(C)C. The lowest BCUT2D eigenvalue weighted by Crippen LogP contribution is -2.30. The van der Waals surface area contributed by atoms with Crippen LogP contribution < -0.4 is 0 Å². The topological polar surface area (TPSA) is 78.9 Å². The fourth-order valence-electron chi connectivity index (χ4n) is 9.93. The van der Waals surface area contributed by atoms with E-state index in [1.807, 2.05) is 0 Å².